The van der Waals surface area contributed by atoms with Crippen LogP contribution in [0.2, 0.25) is 0 Å². The SMILES string of the molecule is CN(CCC(O)c1ccccc1)C(=O)CCn1c(CO)nc2ccccc21. The molecule has 3 aromatic rings. The lowest BCUT2D eigenvalue weighted by Gasteiger charge is -2.20. The van der Waals surface area contributed by atoms with E-state index in [-0.39, 0.29) is 12.5 Å². The van der Waals surface area contributed by atoms with E-state index in [0.29, 0.717) is 31.8 Å². The van der Waals surface area contributed by atoms with Crippen LogP contribution in [0.3, 0.4) is 0 Å². The van der Waals surface area contributed by atoms with Crippen LogP contribution in [0.5, 0.6) is 0 Å². The van der Waals surface area contributed by atoms with Crippen molar-refractivity contribution in [2.45, 2.75) is 32.1 Å². The number of hydrogen-bond acceptors (Lipinski definition) is 4. The molecule has 2 aromatic carbocycles. The molecular formula is C21H25N3O3. The lowest BCUT2D eigenvalue weighted by atomic mass is 10.1. The van der Waals surface area contributed by atoms with Crippen LogP contribution in [0.15, 0.2) is 54.6 Å². The summed E-state index contributed by atoms with van der Waals surface area (Å²) in [6, 6.07) is 17.1. The molecule has 1 heterocycles. The molecule has 2 N–H and O–H groups in total. The van der Waals surface area contributed by atoms with Crippen LogP contribution in [0, 0.1) is 0 Å². The van der Waals surface area contributed by atoms with E-state index in [1.165, 1.54) is 0 Å². The predicted molar refractivity (Wildman–Crippen MR) is 104 cm³/mol. The molecule has 0 aliphatic heterocycles. The number of aliphatic hydroxyl groups is 2. The standard InChI is InChI=1S/C21H25N3O3/c1-23(13-11-19(26)16-7-3-2-4-8-16)21(27)12-14-24-18-10-6-5-9-17(18)22-20(24)15-25/h2-10,19,25-26H,11-15H2,1H3. The molecule has 0 aliphatic carbocycles. The Morgan fingerprint density at radius 3 is 2.59 bits per heavy atom. The predicted octanol–water partition coefficient (Wildman–Crippen LogP) is 2.50. The van der Waals surface area contributed by atoms with Crippen molar-refractivity contribution in [2.24, 2.45) is 0 Å². The minimum absolute atomic E-state index is 0.00284. The fraction of sp³-hybridized carbons (Fsp3) is 0.333. The van der Waals surface area contributed by atoms with Gasteiger partial charge in [-0.15, -0.1) is 0 Å². The van der Waals surface area contributed by atoms with Crippen LogP contribution in [0.4, 0.5) is 0 Å². The first-order valence-corrected chi connectivity index (χ1v) is 9.12. The number of carbonyl (C=O) groups excluding carboxylic acids is 1. The number of carbonyl (C=O) groups is 1. The van der Waals surface area contributed by atoms with Crippen molar-refractivity contribution in [3.8, 4) is 0 Å². The number of hydrogen-bond donors (Lipinski definition) is 2. The minimum Gasteiger partial charge on any atom is -0.388 e. The summed E-state index contributed by atoms with van der Waals surface area (Å²) < 4.78 is 1.89. The minimum atomic E-state index is -0.583. The summed E-state index contributed by atoms with van der Waals surface area (Å²) in [5.41, 5.74) is 2.58. The van der Waals surface area contributed by atoms with E-state index in [4.69, 9.17) is 0 Å². The van der Waals surface area contributed by atoms with Crippen molar-refractivity contribution < 1.29 is 15.0 Å². The Hall–Kier alpha value is -2.70. The highest BCUT2D eigenvalue weighted by atomic mass is 16.3. The molecule has 0 saturated heterocycles. The molecule has 142 valence electrons. The molecule has 0 radical (unpaired) electrons. The van der Waals surface area contributed by atoms with Crippen molar-refractivity contribution in [1.82, 2.24) is 14.5 Å². The number of imidazole rings is 1. The lowest BCUT2D eigenvalue weighted by molar-refractivity contribution is -0.130. The van der Waals surface area contributed by atoms with Crippen LogP contribution < -0.4 is 0 Å². The molecule has 1 atom stereocenters. The molecule has 3 rings (SSSR count). The van der Waals surface area contributed by atoms with E-state index in [1.54, 1.807) is 11.9 Å². The third-order valence-corrected chi connectivity index (χ3v) is 4.77. The number of fused-ring (bicyclic) bond motifs is 1. The fourth-order valence-corrected chi connectivity index (χ4v) is 3.18. The highest BCUT2D eigenvalue weighted by molar-refractivity contribution is 5.78. The second kappa shape index (κ2) is 8.79. The first-order valence-electron chi connectivity index (χ1n) is 9.12. The number of aliphatic hydroxyl groups excluding tert-OH is 2. The molecule has 1 unspecified atom stereocenters. The van der Waals surface area contributed by atoms with Crippen LogP contribution in [0.25, 0.3) is 11.0 Å². The molecule has 27 heavy (non-hydrogen) atoms. The average molecular weight is 367 g/mol. The third kappa shape index (κ3) is 4.53. The number of amides is 1. The van der Waals surface area contributed by atoms with Crippen molar-refractivity contribution in [2.75, 3.05) is 13.6 Å². The number of aryl methyl sites for hydroxylation is 1. The van der Waals surface area contributed by atoms with Gasteiger partial charge in [0.1, 0.15) is 12.4 Å². The first-order chi connectivity index (χ1) is 13.1. The van der Waals surface area contributed by atoms with Gasteiger partial charge in [0.2, 0.25) is 5.91 Å². The summed E-state index contributed by atoms with van der Waals surface area (Å²) in [4.78, 5) is 18.5. The topological polar surface area (TPSA) is 78.6 Å². The fourth-order valence-electron chi connectivity index (χ4n) is 3.18. The summed E-state index contributed by atoms with van der Waals surface area (Å²) in [5.74, 6) is 0.558. The third-order valence-electron chi connectivity index (χ3n) is 4.77. The number of benzene rings is 2. The maximum Gasteiger partial charge on any atom is 0.224 e. The van der Waals surface area contributed by atoms with E-state index in [1.807, 2.05) is 59.2 Å². The van der Waals surface area contributed by atoms with E-state index in [9.17, 15) is 15.0 Å². The van der Waals surface area contributed by atoms with Gasteiger partial charge in [0.15, 0.2) is 0 Å². The van der Waals surface area contributed by atoms with Gasteiger partial charge >= 0.3 is 0 Å². The van der Waals surface area contributed by atoms with Crippen LogP contribution in [-0.2, 0) is 17.9 Å². The van der Waals surface area contributed by atoms with Gasteiger partial charge in [0.25, 0.3) is 0 Å². The number of aromatic nitrogens is 2. The maximum atomic E-state index is 12.5. The largest absolute Gasteiger partial charge is 0.388 e. The normalized spacial score (nSPS) is 12.3. The second-order valence-electron chi connectivity index (χ2n) is 6.61. The highest BCUT2D eigenvalue weighted by Crippen LogP contribution is 2.18. The molecule has 0 saturated carbocycles. The van der Waals surface area contributed by atoms with Gasteiger partial charge in [-0.05, 0) is 24.1 Å². The Kier molecular flexibility index (Phi) is 6.21. The molecule has 0 fully saturated rings. The van der Waals surface area contributed by atoms with Gasteiger partial charge in [0.05, 0.1) is 17.1 Å². The van der Waals surface area contributed by atoms with E-state index < -0.39 is 6.10 Å². The molecule has 0 aliphatic rings. The van der Waals surface area contributed by atoms with Gasteiger partial charge in [-0.25, -0.2) is 4.98 Å². The number of para-hydroxylation sites is 2. The highest BCUT2D eigenvalue weighted by Gasteiger charge is 2.15. The Balaban J connectivity index is 1.56. The average Bonchev–Trinajstić information content (AvgIpc) is 3.08. The Morgan fingerprint density at radius 1 is 1.15 bits per heavy atom. The monoisotopic (exact) mass is 367 g/mol. The molecule has 1 aromatic heterocycles. The zero-order valence-electron chi connectivity index (χ0n) is 15.5. The zero-order valence-corrected chi connectivity index (χ0v) is 15.5. The Bertz CT molecular complexity index is 892. The van der Waals surface area contributed by atoms with Crippen molar-refractivity contribution >= 4 is 16.9 Å². The van der Waals surface area contributed by atoms with Crippen molar-refractivity contribution in [3.05, 3.63) is 66.0 Å². The number of rotatable bonds is 8. The second-order valence-corrected chi connectivity index (χ2v) is 6.61. The van der Waals surface area contributed by atoms with Gasteiger partial charge in [-0.2, -0.15) is 0 Å². The molecule has 0 spiro atoms. The molecule has 6 heteroatoms. The smallest absolute Gasteiger partial charge is 0.224 e. The van der Waals surface area contributed by atoms with E-state index in [2.05, 4.69) is 4.98 Å². The van der Waals surface area contributed by atoms with E-state index >= 15 is 0 Å². The maximum absolute atomic E-state index is 12.5. The quantitative estimate of drug-likeness (QED) is 0.641. The van der Waals surface area contributed by atoms with Crippen LogP contribution in [-0.4, -0.2) is 44.2 Å². The summed E-state index contributed by atoms with van der Waals surface area (Å²) in [6.07, 6.45) is 0.216. The summed E-state index contributed by atoms with van der Waals surface area (Å²) in [7, 11) is 1.75. The summed E-state index contributed by atoms with van der Waals surface area (Å²) in [6.45, 7) is 0.773. The molecule has 6 nitrogen and oxygen atoms in total. The van der Waals surface area contributed by atoms with Gasteiger partial charge in [-0.1, -0.05) is 42.5 Å². The van der Waals surface area contributed by atoms with Gasteiger partial charge in [-0.3, -0.25) is 4.79 Å². The lowest BCUT2D eigenvalue weighted by Crippen LogP contribution is -2.29. The van der Waals surface area contributed by atoms with Crippen LogP contribution >= 0.6 is 0 Å². The van der Waals surface area contributed by atoms with E-state index in [0.717, 1.165) is 16.6 Å². The molecular weight excluding hydrogens is 342 g/mol. The van der Waals surface area contributed by atoms with Crippen molar-refractivity contribution in [1.29, 1.82) is 0 Å². The number of nitrogens with zero attached hydrogens (tertiary/aromatic N) is 3. The Morgan fingerprint density at radius 2 is 1.85 bits per heavy atom. The summed E-state index contributed by atoms with van der Waals surface area (Å²) >= 11 is 0. The Labute approximate surface area is 158 Å². The van der Waals surface area contributed by atoms with Gasteiger partial charge in [0, 0.05) is 26.6 Å². The molecule has 1 amide bonds. The molecule has 0 bridgehead atoms. The zero-order chi connectivity index (χ0) is 19.2. The van der Waals surface area contributed by atoms with Crippen molar-refractivity contribution in [3.63, 3.8) is 0 Å². The van der Waals surface area contributed by atoms with Gasteiger partial charge < -0.3 is 19.7 Å². The summed E-state index contributed by atoms with van der Waals surface area (Å²) in [5, 5.41) is 19.8. The first kappa shape index (κ1) is 19.1. The van der Waals surface area contributed by atoms with Crippen LogP contribution in [0.1, 0.15) is 30.3 Å².